The Morgan fingerprint density at radius 3 is 2.69 bits per heavy atom. The SMILES string of the molecule is C=C(/C=c1/c(NC2CCCCCC2)ncn/c1=C/N)NCCCN1CCOCC1. The van der Waals surface area contributed by atoms with Crippen LogP contribution < -0.4 is 26.9 Å². The van der Waals surface area contributed by atoms with Gasteiger partial charge in [-0.25, -0.2) is 9.97 Å². The van der Waals surface area contributed by atoms with E-state index in [-0.39, 0.29) is 0 Å². The van der Waals surface area contributed by atoms with Gasteiger partial charge in [0, 0.05) is 42.8 Å². The maximum atomic E-state index is 5.83. The van der Waals surface area contributed by atoms with E-state index in [9.17, 15) is 0 Å². The topological polar surface area (TPSA) is 88.3 Å². The van der Waals surface area contributed by atoms with Gasteiger partial charge in [-0.3, -0.25) is 4.90 Å². The van der Waals surface area contributed by atoms with Crippen LogP contribution >= 0.6 is 0 Å². The molecule has 1 saturated heterocycles. The van der Waals surface area contributed by atoms with Crippen LogP contribution in [0.15, 0.2) is 18.6 Å². The number of hydrogen-bond donors (Lipinski definition) is 3. The summed E-state index contributed by atoms with van der Waals surface area (Å²) in [5.74, 6) is 0.847. The van der Waals surface area contributed by atoms with Crippen LogP contribution in [-0.4, -0.2) is 60.3 Å². The number of nitrogens with two attached hydrogens (primary N) is 1. The van der Waals surface area contributed by atoms with Gasteiger partial charge in [0.1, 0.15) is 12.1 Å². The van der Waals surface area contributed by atoms with Crippen molar-refractivity contribution in [3.63, 3.8) is 0 Å². The Hall–Kier alpha value is -2.12. The van der Waals surface area contributed by atoms with E-state index in [0.29, 0.717) is 6.04 Å². The van der Waals surface area contributed by atoms with Gasteiger partial charge in [-0.05, 0) is 31.9 Å². The molecule has 0 spiro atoms. The molecule has 1 aromatic heterocycles. The molecule has 0 unspecified atom stereocenters. The zero-order chi connectivity index (χ0) is 20.3. The van der Waals surface area contributed by atoms with Gasteiger partial charge in [0.05, 0.1) is 18.6 Å². The summed E-state index contributed by atoms with van der Waals surface area (Å²) in [4.78, 5) is 11.3. The highest BCUT2D eigenvalue weighted by Gasteiger charge is 2.13. The van der Waals surface area contributed by atoms with Gasteiger partial charge < -0.3 is 21.1 Å². The quantitative estimate of drug-likeness (QED) is 0.442. The number of hydrogen-bond acceptors (Lipinski definition) is 7. The minimum Gasteiger partial charge on any atom is -0.403 e. The van der Waals surface area contributed by atoms with Gasteiger partial charge in [-0.2, -0.15) is 0 Å². The average Bonchev–Trinajstić information content (AvgIpc) is 3.02. The molecule has 3 rings (SSSR count). The van der Waals surface area contributed by atoms with Crippen LogP contribution in [0.25, 0.3) is 12.3 Å². The van der Waals surface area contributed by atoms with Crippen LogP contribution in [0.5, 0.6) is 0 Å². The molecule has 0 radical (unpaired) electrons. The van der Waals surface area contributed by atoms with Crippen LogP contribution in [0.4, 0.5) is 5.82 Å². The van der Waals surface area contributed by atoms with Crippen LogP contribution in [0.1, 0.15) is 44.9 Å². The summed E-state index contributed by atoms with van der Waals surface area (Å²) < 4.78 is 5.40. The Labute approximate surface area is 174 Å². The first-order valence-corrected chi connectivity index (χ1v) is 11.0. The molecule has 7 heteroatoms. The minimum atomic E-state index is 0.458. The number of aromatic nitrogens is 2. The van der Waals surface area contributed by atoms with Gasteiger partial charge in [0.2, 0.25) is 0 Å². The molecule has 7 nitrogen and oxygen atoms in total. The fourth-order valence-electron chi connectivity index (χ4n) is 4.02. The highest BCUT2D eigenvalue weighted by atomic mass is 16.5. The second kappa shape index (κ2) is 11.8. The van der Waals surface area contributed by atoms with Gasteiger partial charge >= 0.3 is 0 Å². The van der Waals surface area contributed by atoms with Gasteiger partial charge in [0.15, 0.2) is 0 Å². The standard InChI is InChI=1S/C22H36N6O/c1-18(24-9-6-10-28-11-13-29-14-12-28)15-20-21(16-23)25-17-26-22(20)27-19-7-4-2-3-5-8-19/h15-17,19,24H,1-14,23H2,(H,25,26,27)/b20-15+,21-16+. The fourth-order valence-corrected chi connectivity index (χ4v) is 4.02. The van der Waals surface area contributed by atoms with Crippen LogP contribution in [-0.2, 0) is 4.74 Å². The third-order valence-electron chi connectivity index (χ3n) is 5.69. The molecule has 1 aliphatic heterocycles. The molecule has 1 aliphatic carbocycles. The summed E-state index contributed by atoms with van der Waals surface area (Å²) in [6.45, 7) is 9.88. The second-order valence-electron chi connectivity index (χ2n) is 7.92. The van der Waals surface area contributed by atoms with Gasteiger partial charge in [-0.1, -0.05) is 32.3 Å². The van der Waals surface area contributed by atoms with Gasteiger partial charge in [-0.15, -0.1) is 0 Å². The van der Waals surface area contributed by atoms with Crippen molar-refractivity contribution >= 4 is 18.1 Å². The van der Waals surface area contributed by atoms with E-state index in [0.717, 1.165) is 67.9 Å². The molecule has 29 heavy (non-hydrogen) atoms. The lowest BCUT2D eigenvalue weighted by Crippen LogP contribution is -2.38. The van der Waals surface area contributed by atoms with E-state index < -0.39 is 0 Å². The third-order valence-corrected chi connectivity index (χ3v) is 5.69. The van der Waals surface area contributed by atoms with Crippen LogP contribution in [0.3, 0.4) is 0 Å². The van der Waals surface area contributed by atoms with Crippen molar-refractivity contribution in [2.24, 2.45) is 5.73 Å². The fraction of sp³-hybridized carbons (Fsp3) is 0.636. The normalized spacial score (nSPS) is 20.4. The van der Waals surface area contributed by atoms with Gasteiger partial charge in [0.25, 0.3) is 0 Å². The number of nitrogens with one attached hydrogen (secondary N) is 2. The Morgan fingerprint density at radius 1 is 1.21 bits per heavy atom. The summed E-state index contributed by atoms with van der Waals surface area (Å²) >= 11 is 0. The van der Waals surface area contributed by atoms with E-state index >= 15 is 0 Å². The molecule has 4 N–H and O–H groups in total. The van der Waals surface area contributed by atoms with Crippen molar-refractivity contribution < 1.29 is 4.74 Å². The summed E-state index contributed by atoms with van der Waals surface area (Å²) in [6.07, 6.45) is 13.8. The maximum absolute atomic E-state index is 5.83. The monoisotopic (exact) mass is 400 g/mol. The lowest BCUT2D eigenvalue weighted by molar-refractivity contribution is 0.0375. The smallest absolute Gasteiger partial charge is 0.137 e. The molecule has 2 fully saturated rings. The lowest BCUT2D eigenvalue weighted by Gasteiger charge is -2.26. The summed E-state index contributed by atoms with van der Waals surface area (Å²) in [6, 6.07) is 0.458. The molecule has 0 aromatic carbocycles. The predicted octanol–water partition coefficient (Wildman–Crippen LogP) is 0.914. The molecule has 1 saturated carbocycles. The maximum Gasteiger partial charge on any atom is 0.137 e. The van der Waals surface area contributed by atoms with Crippen LogP contribution in [0.2, 0.25) is 0 Å². The van der Waals surface area contributed by atoms with Crippen molar-refractivity contribution in [1.29, 1.82) is 0 Å². The highest BCUT2D eigenvalue weighted by Crippen LogP contribution is 2.19. The average molecular weight is 401 g/mol. The number of rotatable bonds is 8. The van der Waals surface area contributed by atoms with E-state index in [1.807, 2.05) is 6.08 Å². The first-order chi connectivity index (χ1) is 14.3. The molecular weight excluding hydrogens is 364 g/mol. The zero-order valence-corrected chi connectivity index (χ0v) is 17.5. The van der Waals surface area contributed by atoms with Crippen molar-refractivity contribution in [3.8, 4) is 0 Å². The zero-order valence-electron chi connectivity index (χ0n) is 17.5. The highest BCUT2D eigenvalue weighted by molar-refractivity contribution is 5.52. The van der Waals surface area contributed by atoms with E-state index in [1.165, 1.54) is 44.7 Å². The first-order valence-electron chi connectivity index (χ1n) is 11.0. The van der Waals surface area contributed by atoms with Crippen molar-refractivity contribution in [1.82, 2.24) is 20.2 Å². The second-order valence-corrected chi connectivity index (χ2v) is 7.92. The molecule has 160 valence electrons. The van der Waals surface area contributed by atoms with Crippen LogP contribution in [0, 0.1) is 0 Å². The van der Waals surface area contributed by atoms with E-state index in [1.54, 1.807) is 6.33 Å². The van der Waals surface area contributed by atoms with Crippen molar-refractivity contribution in [3.05, 3.63) is 29.2 Å². The number of nitrogens with zero attached hydrogens (tertiary/aromatic N) is 3. The number of ether oxygens (including phenoxy) is 1. The summed E-state index contributed by atoms with van der Waals surface area (Å²) in [7, 11) is 0. The number of allylic oxidation sites excluding steroid dienone is 1. The lowest BCUT2D eigenvalue weighted by atomic mass is 10.1. The number of morpholine rings is 1. The molecule has 0 bridgehead atoms. The Morgan fingerprint density at radius 2 is 1.97 bits per heavy atom. The molecular formula is C22H36N6O. The Bertz CT molecular complexity index is 751. The third kappa shape index (κ3) is 7.01. The molecule has 2 aliphatic rings. The summed E-state index contributed by atoms with van der Waals surface area (Å²) in [5, 5.41) is 8.69. The van der Waals surface area contributed by atoms with Crippen molar-refractivity contribution in [2.45, 2.75) is 51.0 Å². The molecule has 1 aromatic rings. The number of anilines is 1. The summed E-state index contributed by atoms with van der Waals surface area (Å²) in [5.41, 5.74) is 6.68. The largest absolute Gasteiger partial charge is 0.403 e. The molecule has 2 heterocycles. The predicted molar refractivity (Wildman–Crippen MR) is 119 cm³/mol. The van der Waals surface area contributed by atoms with E-state index in [4.69, 9.17) is 10.5 Å². The molecule has 0 atom stereocenters. The Balaban J connectivity index is 1.60. The van der Waals surface area contributed by atoms with Crippen molar-refractivity contribution in [2.75, 3.05) is 44.7 Å². The first kappa shape index (κ1) is 21.6. The minimum absolute atomic E-state index is 0.458. The Kier molecular flexibility index (Phi) is 8.77. The molecule has 0 amide bonds. The van der Waals surface area contributed by atoms with E-state index in [2.05, 4.69) is 32.1 Å².